The zero-order valence-corrected chi connectivity index (χ0v) is 21.8. The van der Waals surface area contributed by atoms with Gasteiger partial charge < -0.3 is 20.4 Å². The number of rotatable bonds is 6. The van der Waals surface area contributed by atoms with Crippen LogP contribution in [0.4, 0.5) is 11.4 Å². The summed E-state index contributed by atoms with van der Waals surface area (Å²) >= 11 is 0. The molecule has 0 atom stereocenters. The zero-order chi connectivity index (χ0) is 25.0. The summed E-state index contributed by atoms with van der Waals surface area (Å²) in [4.78, 5) is 22.7. The van der Waals surface area contributed by atoms with Crippen LogP contribution in [0.3, 0.4) is 0 Å². The number of hydrogen-bond donors (Lipinski definition) is 2. The van der Waals surface area contributed by atoms with Crippen molar-refractivity contribution < 1.29 is 9.53 Å². The van der Waals surface area contributed by atoms with Crippen LogP contribution in [0.1, 0.15) is 72.8 Å². The van der Waals surface area contributed by atoms with Gasteiger partial charge in [-0.05, 0) is 48.2 Å². The van der Waals surface area contributed by atoms with Crippen molar-refractivity contribution in [1.29, 1.82) is 0 Å². The van der Waals surface area contributed by atoms with Gasteiger partial charge in [-0.15, -0.1) is 0 Å². The second kappa shape index (κ2) is 8.93. The molecule has 6 rings (SSSR count). The van der Waals surface area contributed by atoms with Gasteiger partial charge in [-0.2, -0.15) is 0 Å². The van der Waals surface area contributed by atoms with E-state index < -0.39 is 0 Å². The molecule has 190 valence electrons. The van der Waals surface area contributed by atoms with E-state index in [9.17, 15) is 4.79 Å². The molecule has 0 amide bonds. The number of unbranched alkanes of at least 4 members (excludes halogenated alkanes) is 2. The first-order valence-electron chi connectivity index (χ1n) is 13.6. The van der Waals surface area contributed by atoms with Crippen molar-refractivity contribution in [3.63, 3.8) is 0 Å². The van der Waals surface area contributed by atoms with Crippen LogP contribution in [0.2, 0.25) is 0 Å². The van der Waals surface area contributed by atoms with Gasteiger partial charge in [0.05, 0.1) is 24.8 Å². The van der Waals surface area contributed by atoms with Crippen molar-refractivity contribution >= 4 is 28.1 Å². The Bertz CT molecular complexity index is 1310. The molecule has 2 aromatic carbocycles. The molecule has 0 unspecified atom stereocenters. The maximum Gasteiger partial charge on any atom is 0.195 e. The van der Waals surface area contributed by atoms with Gasteiger partial charge in [-0.25, -0.2) is 0 Å². The van der Waals surface area contributed by atoms with E-state index in [-0.39, 0.29) is 11.2 Å². The number of ether oxygens (including phenoxy) is 1. The summed E-state index contributed by atoms with van der Waals surface area (Å²) in [7, 11) is 0. The van der Waals surface area contributed by atoms with E-state index in [1.807, 2.05) is 18.2 Å². The van der Waals surface area contributed by atoms with E-state index in [0.717, 1.165) is 85.5 Å². The zero-order valence-electron chi connectivity index (χ0n) is 21.8. The fourth-order valence-electron chi connectivity index (χ4n) is 6.35. The Morgan fingerprint density at radius 2 is 1.86 bits per heavy atom. The Hall–Kier alpha value is -2.83. The Balaban J connectivity index is 1.41. The van der Waals surface area contributed by atoms with Crippen LogP contribution in [0.5, 0.6) is 0 Å². The van der Waals surface area contributed by atoms with E-state index in [1.165, 1.54) is 24.1 Å². The monoisotopic (exact) mass is 486 g/mol. The van der Waals surface area contributed by atoms with Gasteiger partial charge in [0, 0.05) is 65.1 Å². The molecule has 6 heteroatoms. The summed E-state index contributed by atoms with van der Waals surface area (Å²) in [5.41, 5.74) is 13.8. The van der Waals surface area contributed by atoms with Crippen molar-refractivity contribution in [3.8, 4) is 0 Å². The number of aromatic nitrogens is 1. The molecule has 0 radical (unpaired) electrons. The number of aryl methyl sites for hydroxylation is 1. The number of carbonyl (C=O) groups excluding carboxylic acids is 1. The maximum absolute atomic E-state index is 14.0. The predicted molar refractivity (Wildman–Crippen MR) is 146 cm³/mol. The first-order valence-corrected chi connectivity index (χ1v) is 13.6. The molecule has 0 bridgehead atoms. The standard InChI is InChI=1S/C30H38N4O2/c1-4-5-6-7-19-14-23-24(16-26(19)34-12-10-33(11-13-34)21-17-36-18-21)30(2,3)29-27(28(23)35)22-9-8-20(31)15-25(22)32-29/h8-9,14-16,21,32H,4-7,10-13,17-18,31H2,1-3H3. The highest BCUT2D eigenvalue weighted by atomic mass is 16.5. The van der Waals surface area contributed by atoms with Crippen molar-refractivity contribution in [2.45, 2.75) is 57.9 Å². The van der Waals surface area contributed by atoms with Crippen LogP contribution in [0, 0.1) is 0 Å². The molecular weight excluding hydrogens is 448 g/mol. The third-order valence-electron chi connectivity index (χ3n) is 8.65. The van der Waals surface area contributed by atoms with Gasteiger partial charge >= 0.3 is 0 Å². The maximum atomic E-state index is 14.0. The number of nitrogens with zero attached hydrogens (tertiary/aromatic N) is 2. The Labute approximate surface area is 213 Å². The molecule has 1 aliphatic carbocycles. The lowest BCUT2D eigenvalue weighted by Crippen LogP contribution is -2.56. The SMILES string of the molecule is CCCCCc1cc2c(cc1N1CCN(C3COC3)CC1)C(C)(C)c1[nH]c3cc(N)ccc3c1C2=O. The number of fused-ring (bicyclic) bond motifs is 4. The fraction of sp³-hybridized carbons (Fsp3) is 0.500. The molecule has 0 saturated carbocycles. The second-order valence-electron chi connectivity index (χ2n) is 11.3. The summed E-state index contributed by atoms with van der Waals surface area (Å²) in [5.74, 6) is 0.133. The molecule has 36 heavy (non-hydrogen) atoms. The molecule has 0 spiro atoms. The summed E-state index contributed by atoms with van der Waals surface area (Å²) < 4.78 is 5.43. The topological polar surface area (TPSA) is 74.6 Å². The van der Waals surface area contributed by atoms with E-state index in [2.05, 4.69) is 47.7 Å². The lowest BCUT2D eigenvalue weighted by Gasteiger charge is -2.44. The van der Waals surface area contributed by atoms with E-state index >= 15 is 0 Å². The molecule has 2 saturated heterocycles. The van der Waals surface area contributed by atoms with Crippen molar-refractivity contribution in [3.05, 3.63) is 58.3 Å². The van der Waals surface area contributed by atoms with E-state index in [0.29, 0.717) is 11.7 Å². The number of ketones is 1. The minimum Gasteiger partial charge on any atom is -0.399 e. The number of carbonyl (C=O) groups is 1. The lowest BCUT2D eigenvalue weighted by molar-refractivity contribution is -0.0660. The van der Waals surface area contributed by atoms with Crippen LogP contribution in [-0.2, 0) is 16.6 Å². The van der Waals surface area contributed by atoms with Crippen LogP contribution < -0.4 is 10.6 Å². The van der Waals surface area contributed by atoms with Crippen molar-refractivity contribution in [2.75, 3.05) is 50.0 Å². The summed E-state index contributed by atoms with van der Waals surface area (Å²) in [6, 6.07) is 11.0. The van der Waals surface area contributed by atoms with Gasteiger partial charge in [0.25, 0.3) is 0 Å². The van der Waals surface area contributed by atoms with Crippen molar-refractivity contribution in [1.82, 2.24) is 9.88 Å². The molecule has 3 aromatic rings. The number of piperazine rings is 1. The summed E-state index contributed by atoms with van der Waals surface area (Å²) in [5, 5.41) is 0.968. The van der Waals surface area contributed by atoms with Gasteiger partial charge in [0.15, 0.2) is 5.78 Å². The second-order valence-corrected chi connectivity index (χ2v) is 11.3. The third kappa shape index (κ3) is 3.73. The highest BCUT2D eigenvalue weighted by Gasteiger charge is 2.41. The van der Waals surface area contributed by atoms with E-state index in [1.54, 1.807) is 0 Å². The minimum absolute atomic E-state index is 0.133. The van der Waals surface area contributed by atoms with Gasteiger partial charge in [-0.3, -0.25) is 9.69 Å². The first kappa shape index (κ1) is 23.6. The number of benzene rings is 2. The molecule has 2 aliphatic heterocycles. The van der Waals surface area contributed by atoms with Gasteiger partial charge in [-0.1, -0.05) is 39.7 Å². The number of hydrogen-bond acceptors (Lipinski definition) is 5. The predicted octanol–water partition coefficient (Wildman–Crippen LogP) is 4.87. The van der Waals surface area contributed by atoms with Gasteiger partial charge in [0.1, 0.15) is 0 Å². The highest BCUT2D eigenvalue weighted by Crippen LogP contribution is 2.46. The first-order chi connectivity index (χ1) is 17.4. The molecule has 3 heterocycles. The number of nitrogens with two attached hydrogens (primary N) is 1. The normalized spacial score (nSPS) is 19.9. The number of anilines is 2. The summed E-state index contributed by atoms with van der Waals surface area (Å²) in [6.07, 6.45) is 4.56. The van der Waals surface area contributed by atoms with Crippen molar-refractivity contribution in [2.24, 2.45) is 0 Å². The third-order valence-corrected chi connectivity index (χ3v) is 8.65. The molecule has 3 N–H and O–H groups in total. The smallest absolute Gasteiger partial charge is 0.195 e. The fourth-order valence-corrected chi connectivity index (χ4v) is 6.35. The van der Waals surface area contributed by atoms with Crippen LogP contribution >= 0.6 is 0 Å². The number of nitrogen functional groups attached to an aromatic ring is 1. The average molecular weight is 487 g/mol. The summed E-state index contributed by atoms with van der Waals surface area (Å²) in [6.45, 7) is 12.6. The molecule has 6 nitrogen and oxygen atoms in total. The minimum atomic E-state index is -0.311. The number of H-pyrrole nitrogens is 1. The highest BCUT2D eigenvalue weighted by molar-refractivity contribution is 6.20. The molecule has 1 aromatic heterocycles. The Kier molecular flexibility index (Phi) is 5.84. The molecule has 2 fully saturated rings. The van der Waals surface area contributed by atoms with E-state index in [4.69, 9.17) is 10.5 Å². The Morgan fingerprint density at radius 3 is 2.56 bits per heavy atom. The quantitative estimate of drug-likeness (QED) is 0.384. The molecule has 3 aliphatic rings. The van der Waals surface area contributed by atoms with Crippen LogP contribution in [0.15, 0.2) is 30.3 Å². The number of nitrogens with one attached hydrogen (secondary N) is 1. The van der Waals surface area contributed by atoms with Crippen LogP contribution in [0.25, 0.3) is 10.9 Å². The Morgan fingerprint density at radius 1 is 1.08 bits per heavy atom. The number of aromatic amines is 1. The largest absolute Gasteiger partial charge is 0.399 e. The molecular formula is C30H38N4O2. The lowest BCUT2D eigenvalue weighted by atomic mass is 9.70. The van der Waals surface area contributed by atoms with Gasteiger partial charge in [0.2, 0.25) is 0 Å². The average Bonchev–Trinajstić information content (AvgIpc) is 3.22. The van der Waals surface area contributed by atoms with Crippen LogP contribution in [-0.4, -0.2) is 61.1 Å².